The Morgan fingerprint density at radius 2 is 2.28 bits per heavy atom. The van der Waals surface area contributed by atoms with E-state index in [9.17, 15) is 9.18 Å². The van der Waals surface area contributed by atoms with Crippen molar-refractivity contribution in [3.8, 4) is 0 Å². The van der Waals surface area contributed by atoms with E-state index in [4.69, 9.17) is 11.6 Å². The summed E-state index contributed by atoms with van der Waals surface area (Å²) in [5.41, 5.74) is 0.228. The van der Waals surface area contributed by atoms with Gasteiger partial charge in [0.2, 0.25) is 0 Å². The molecule has 1 aromatic heterocycles. The topological polar surface area (TPSA) is 34.9 Å². The molecule has 1 heterocycles. The lowest BCUT2D eigenvalue weighted by Crippen LogP contribution is -2.06. The standard InChI is InChI=1S/C13H12ClFN2O/c1-17-8-7-16-12(17)6-5-11(18)9-3-2-4-10(15)13(9)14/h2-4,7-8H,5-6H2,1H3. The van der Waals surface area contributed by atoms with Gasteiger partial charge in [-0.25, -0.2) is 9.37 Å². The summed E-state index contributed by atoms with van der Waals surface area (Å²) in [6.45, 7) is 0. The van der Waals surface area contributed by atoms with Crippen molar-refractivity contribution < 1.29 is 9.18 Å². The van der Waals surface area contributed by atoms with Crippen LogP contribution in [0, 0.1) is 5.82 Å². The quantitative estimate of drug-likeness (QED) is 0.798. The summed E-state index contributed by atoms with van der Waals surface area (Å²) < 4.78 is 15.1. The molecule has 0 bridgehead atoms. The molecular formula is C13H12ClFN2O. The van der Waals surface area contributed by atoms with Gasteiger partial charge >= 0.3 is 0 Å². The van der Waals surface area contributed by atoms with E-state index in [1.54, 1.807) is 6.20 Å². The summed E-state index contributed by atoms with van der Waals surface area (Å²) in [5.74, 6) is 0.0675. The number of aromatic nitrogens is 2. The van der Waals surface area contributed by atoms with Crippen LogP contribution in [0.1, 0.15) is 22.6 Å². The van der Waals surface area contributed by atoms with E-state index >= 15 is 0 Å². The predicted molar refractivity (Wildman–Crippen MR) is 67.3 cm³/mol. The molecule has 0 spiro atoms. The number of aryl methyl sites for hydroxylation is 2. The van der Waals surface area contributed by atoms with Crippen molar-refractivity contribution in [2.24, 2.45) is 7.05 Å². The van der Waals surface area contributed by atoms with Crippen molar-refractivity contribution in [2.45, 2.75) is 12.8 Å². The van der Waals surface area contributed by atoms with Crippen molar-refractivity contribution in [1.82, 2.24) is 9.55 Å². The Labute approximate surface area is 109 Å². The molecule has 0 aliphatic carbocycles. The van der Waals surface area contributed by atoms with Crippen LogP contribution in [-0.4, -0.2) is 15.3 Å². The molecule has 0 aliphatic rings. The SMILES string of the molecule is Cn1ccnc1CCC(=O)c1cccc(F)c1Cl. The Morgan fingerprint density at radius 1 is 1.50 bits per heavy atom. The average Bonchev–Trinajstić information content (AvgIpc) is 2.75. The molecule has 18 heavy (non-hydrogen) atoms. The monoisotopic (exact) mass is 266 g/mol. The maximum atomic E-state index is 13.2. The third kappa shape index (κ3) is 2.59. The predicted octanol–water partition coefficient (Wildman–Crippen LogP) is 3.03. The molecule has 0 radical (unpaired) electrons. The van der Waals surface area contributed by atoms with Crippen LogP contribution in [0.15, 0.2) is 30.6 Å². The maximum Gasteiger partial charge on any atom is 0.164 e. The van der Waals surface area contributed by atoms with Crippen LogP contribution in [0.5, 0.6) is 0 Å². The van der Waals surface area contributed by atoms with Gasteiger partial charge in [0.05, 0.1) is 5.02 Å². The zero-order valence-electron chi connectivity index (χ0n) is 9.86. The highest BCUT2D eigenvalue weighted by Crippen LogP contribution is 2.21. The maximum absolute atomic E-state index is 13.2. The molecule has 0 saturated carbocycles. The first-order valence-electron chi connectivity index (χ1n) is 5.53. The van der Waals surface area contributed by atoms with Crippen molar-refractivity contribution in [2.75, 3.05) is 0 Å². The van der Waals surface area contributed by atoms with E-state index in [2.05, 4.69) is 4.98 Å². The van der Waals surface area contributed by atoms with Gasteiger partial charge in [0.15, 0.2) is 5.78 Å². The van der Waals surface area contributed by atoms with E-state index in [-0.39, 0.29) is 22.8 Å². The molecule has 0 N–H and O–H groups in total. The van der Waals surface area contributed by atoms with E-state index < -0.39 is 5.82 Å². The molecule has 94 valence electrons. The smallest absolute Gasteiger partial charge is 0.164 e. The van der Waals surface area contributed by atoms with E-state index in [0.29, 0.717) is 6.42 Å². The number of benzene rings is 1. The van der Waals surface area contributed by atoms with Crippen LogP contribution < -0.4 is 0 Å². The number of Topliss-reactive ketones (excluding diaryl/α,β-unsaturated/α-hetero) is 1. The number of carbonyl (C=O) groups excluding carboxylic acids is 1. The lowest BCUT2D eigenvalue weighted by Gasteiger charge is -2.04. The minimum absolute atomic E-state index is 0.109. The summed E-state index contributed by atoms with van der Waals surface area (Å²) in [7, 11) is 1.86. The van der Waals surface area contributed by atoms with Crippen molar-refractivity contribution in [3.05, 3.63) is 52.8 Å². The van der Waals surface area contributed by atoms with Gasteiger partial charge < -0.3 is 4.57 Å². The summed E-state index contributed by atoms with van der Waals surface area (Å²) in [6.07, 6.45) is 4.26. The second-order valence-electron chi connectivity index (χ2n) is 3.98. The highest BCUT2D eigenvalue weighted by molar-refractivity contribution is 6.34. The molecule has 3 nitrogen and oxygen atoms in total. The fourth-order valence-corrected chi connectivity index (χ4v) is 1.95. The van der Waals surface area contributed by atoms with Gasteiger partial charge in [-0.2, -0.15) is 0 Å². The van der Waals surface area contributed by atoms with Crippen LogP contribution in [0.2, 0.25) is 5.02 Å². The number of carbonyl (C=O) groups is 1. The number of ketones is 1. The zero-order chi connectivity index (χ0) is 13.1. The fourth-order valence-electron chi connectivity index (χ4n) is 1.72. The Bertz CT molecular complexity index is 580. The minimum atomic E-state index is -0.570. The largest absolute Gasteiger partial charge is 0.338 e. The molecule has 0 fully saturated rings. The van der Waals surface area contributed by atoms with Crippen molar-refractivity contribution >= 4 is 17.4 Å². The summed E-state index contributed by atoms with van der Waals surface area (Å²) >= 11 is 5.76. The normalized spacial score (nSPS) is 10.6. The van der Waals surface area contributed by atoms with Gasteiger partial charge in [-0.1, -0.05) is 17.7 Å². The van der Waals surface area contributed by atoms with Crippen LogP contribution in [0.4, 0.5) is 4.39 Å². The van der Waals surface area contributed by atoms with Gasteiger partial charge in [0, 0.05) is 37.8 Å². The Kier molecular flexibility index (Phi) is 3.77. The number of nitrogens with zero attached hydrogens (tertiary/aromatic N) is 2. The number of halogens is 2. The third-order valence-corrected chi connectivity index (χ3v) is 3.13. The van der Waals surface area contributed by atoms with Gasteiger partial charge in [-0.05, 0) is 12.1 Å². The molecule has 1 aromatic carbocycles. The van der Waals surface area contributed by atoms with Crippen LogP contribution in [0.25, 0.3) is 0 Å². The average molecular weight is 267 g/mol. The number of hydrogen-bond acceptors (Lipinski definition) is 2. The molecule has 0 unspecified atom stereocenters. The zero-order valence-corrected chi connectivity index (χ0v) is 10.6. The number of hydrogen-bond donors (Lipinski definition) is 0. The van der Waals surface area contributed by atoms with Gasteiger partial charge in [0.1, 0.15) is 11.6 Å². The van der Waals surface area contributed by atoms with Crippen molar-refractivity contribution in [1.29, 1.82) is 0 Å². The molecule has 2 rings (SSSR count). The first kappa shape index (κ1) is 12.8. The lowest BCUT2D eigenvalue weighted by atomic mass is 10.1. The molecular weight excluding hydrogens is 255 g/mol. The lowest BCUT2D eigenvalue weighted by molar-refractivity contribution is 0.0981. The molecule has 0 amide bonds. The summed E-state index contributed by atoms with van der Waals surface area (Å²) in [5, 5.41) is -0.109. The Morgan fingerprint density at radius 3 is 2.94 bits per heavy atom. The minimum Gasteiger partial charge on any atom is -0.338 e. The first-order chi connectivity index (χ1) is 8.59. The van der Waals surface area contributed by atoms with Crippen LogP contribution in [0.3, 0.4) is 0 Å². The molecule has 0 atom stereocenters. The summed E-state index contributed by atoms with van der Waals surface area (Å²) in [4.78, 5) is 16.1. The molecule has 0 aliphatic heterocycles. The van der Waals surface area contributed by atoms with Crippen LogP contribution >= 0.6 is 11.6 Å². The Balaban J connectivity index is 2.09. The second kappa shape index (κ2) is 5.31. The van der Waals surface area contributed by atoms with Crippen LogP contribution in [-0.2, 0) is 13.5 Å². The molecule has 2 aromatic rings. The summed E-state index contributed by atoms with van der Waals surface area (Å²) in [6, 6.07) is 4.25. The first-order valence-corrected chi connectivity index (χ1v) is 5.91. The third-order valence-electron chi connectivity index (χ3n) is 2.75. The number of imidazole rings is 1. The van der Waals surface area contributed by atoms with E-state index in [1.165, 1.54) is 18.2 Å². The number of rotatable bonds is 4. The van der Waals surface area contributed by atoms with Gasteiger partial charge in [0.25, 0.3) is 0 Å². The van der Waals surface area contributed by atoms with Gasteiger partial charge in [-0.15, -0.1) is 0 Å². The van der Waals surface area contributed by atoms with E-state index in [0.717, 1.165) is 5.82 Å². The van der Waals surface area contributed by atoms with Crippen molar-refractivity contribution in [3.63, 3.8) is 0 Å². The molecule has 5 heteroatoms. The highest BCUT2D eigenvalue weighted by Gasteiger charge is 2.14. The highest BCUT2D eigenvalue weighted by atomic mass is 35.5. The Hall–Kier alpha value is -1.68. The molecule has 0 saturated heterocycles. The van der Waals surface area contributed by atoms with Gasteiger partial charge in [-0.3, -0.25) is 4.79 Å². The fraction of sp³-hybridized carbons (Fsp3) is 0.231. The second-order valence-corrected chi connectivity index (χ2v) is 4.36. The van der Waals surface area contributed by atoms with E-state index in [1.807, 2.05) is 17.8 Å².